The Labute approximate surface area is 66.8 Å². The van der Waals surface area contributed by atoms with Crippen molar-refractivity contribution < 1.29 is 14.4 Å². The van der Waals surface area contributed by atoms with Crippen LogP contribution in [0, 0.1) is 0 Å². The van der Waals surface area contributed by atoms with Gasteiger partial charge in [0.05, 0.1) is 12.7 Å². The number of hydrogen-bond acceptors (Lipinski definition) is 3. The number of amides is 1. The summed E-state index contributed by atoms with van der Waals surface area (Å²) in [5.41, 5.74) is 1.87. The first-order chi connectivity index (χ1) is 4.95. The van der Waals surface area contributed by atoms with Gasteiger partial charge in [-0.25, -0.2) is 5.48 Å². The van der Waals surface area contributed by atoms with E-state index in [0.717, 1.165) is 0 Å². The highest BCUT2D eigenvalue weighted by Crippen LogP contribution is 2.05. The number of carbonyl (C=O) groups is 1. The van der Waals surface area contributed by atoms with Crippen LogP contribution in [-0.2, 0) is 14.4 Å². The normalized spacial score (nSPS) is 11.3. The molecule has 0 aliphatic rings. The minimum Gasteiger partial charge on any atom is -0.366 e. The van der Waals surface area contributed by atoms with E-state index in [0.29, 0.717) is 0 Å². The Hall–Kier alpha value is -0.610. The summed E-state index contributed by atoms with van der Waals surface area (Å²) >= 11 is 0. The zero-order chi connectivity index (χ0) is 8.91. The van der Waals surface area contributed by atoms with Crippen molar-refractivity contribution in [3.8, 4) is 0 Å². The molecule has 0 aromatic heterocycles. The van der Waals surface area contributed by atoms with E-state index >= 15 is 0 Å². The van der Waals surface area contributed by atoms with Gasteiger partial charge in [0.25, 0.3) is 5.91 Å². The van der Waals surface area contributed by atoms with Gasteiger partial charge >= 0.3 is 0 Å². The topological polar surface area (TPSA) is 47.6 Å². The average molecular weight is 161 g/mol. The summed E-state index contributed by atoms with van der Waals surface area (Å²) in [6.45, 7) is 5.67. The molecule has 0 spiro atoms. The first-order valence-electron chi connectivity index (χ1n) is 3.41. The number of carbonyl (C=O) groups excluding carboxylic acids is 1. The van der Waals surface area contributed by atoms with E-state index in [1.54, 1.807) is 0 Å². The van der Waals surface area contributed by atoms with E-state index in [9.17, 15) is 4.79 Å². The van der Waals surface area contributed by atoms with E-state index in [4.69, 9.17) is 4.74 Å². The largest absolute Gasteiger partial charge is 0.366 e. The van der Waals surface area contributed by atoms with Crippen molar-refractivity contribution in [2.24, 2.45) is 0 Å². The zero-order valence-electron chi connectivity index (χ0n) is 7.43. The minimum atomic E-state index is -0.287. The van der Waals surface area contributed by atoms with Crippen LogP contribution < -0.4 is 5.48 Å². The molecular formula is C7H15NO3. The molecule has 0 heterocycles. The van der Waals surface area contributed by atoms with Crippen molar-refractivity contribution >= 4 is 5.91 Å². The first kappa shape index (κ1) is 10.4. The van der Waals surface area contributed by atoms with Gasteiger partial charge in [-0.3, -0.25) is 9.63 Å². The minimum absolute atomic E-state index is 0.0251. The number of rotatable bonds is 3. The highest BCUT2D eigenvalue weighted by Gasteiger charge is 2.12. The third-order valence-electron chi connectivity index (χ3n) is 0.852. The van der Waals surface area contributed by atoms with Crippen LogP contribution in [0.1, 0.15) is 20.8 Å². The number of hydrogen-bond donors (Lipinski definition) is 1. The number of ether oxygens (including phenoxy) is 1. The molecule has 0 aliphatic carbocycles. The van der Waals surface area contributed by atoms with E-state index < -0.39 is 0 Å². The molecule has 0 saturated carbocycles. The van der Waals surface area contributed by atoms with Crippen molar-refractivity contribution in [3.63, 3.8) is 0 Å². The van der Waals surface area contributed by atoms with Crippen LogP contribution in [-0.4, -0.2) is 25.2 Å². The third kappa shape index (κ3) is 7.29. The van der Waals surface area contributed by atoms with Crippen molar-refractivity contribution in [2.75, 3.05) is 13.7 Å². The zero-order valence-corrected chi connectivity index (χ0v) is 7.43. The third-order valence-corrected chi connectivity index (χ3v) is 0.852. The Morgan fingerprint density at radius 1 is 1.45 bits per heavy atom. The second kappa shape index (κ2) is 4.31. The molecule has 0 aliphatic heterocycles. The smallest absolute Gasteiger partial charge is 0.269 e. The molecular weight excluding hydrogens is 146 g/mol. The Bertz CT molecular complexity index is 128. The van der Waals surface area contributed by atoms with Gasteiger partial charge < -0.3 is 4.74 Å². The highest BCUT2D eigenvalue weighted by atomic mass is 16.6. The maximum atomic E-state index is 10.7. The Kier molecular flexibility index (Phi) is 4.07. The molecule has 0 rings (SSSR count). The van der Waals surface area contributed by atoms with Gasteiger partial charge in [-0.1, -0.05) is 0 Å². The summed E-state index contributed by atoms with van der Waals surface area (Å²) in [6, 6.07) is 0. The molecule has 11 heavy (non-hydrogen) atoms. The van der Waals surface area contributed by atoms with Crippen LogP contribution in [0.25, 0.3) is 0 Å². The monoisotopic (exact) mass is 161 g/mol. The van der Waals surface area contributed by atoms with Crippen LogP contribution >= 0.6 is 0 Å². The number of hydroxylamine groups is 1. The Balaban J connectivity index is 3.46. The van der Waals surface area contributed by atoms with E-state index in [1.165, 1.54) is 7.11 Å². The van der Waals surface area contributed by atoms with Crippen LogP contribution in [0.3, 0.4) is 0 Å². The molecule has 0 unspecified atom stereocenters. The lowest BCUT2D eigenvalue weighted by Crippen LogP contribution is -2.31. The molecule has 0 saturated heterocycles. The van der Waals surface area contributed by atoms with E-state index in [2.05, 4.69) is 10.3 Å². The molecule has 4 heteroatoms. The summed E-state index contributed by atoms with van der Waals surface area (Å²) in [5.74, 6) is -0.276. The van der Waals surface area contributed by atoms with Gasteiger partial charge in [0, 0.05) is 0 Å². The Morgan fingerprint density at radius 3 is 2.36 bits per heavy atom. The summed E-state index contributed by atoms with van der Waals surface area (Å²) < 4.78 is 5.15. The molecule has 0 atom stereocenters. The van der Waals surface area contributed by atoms with Crippen LogP contribution in [0.2, 0.25) is 0 Å². The van der Waals surface area contributed by atoms with Crippen molar-refractivity contribution in [3.05, 3.63) is 0 Å². The molecule has 0 aromatic rings. The average Bonchev–Trinajstić information content (AvgIpc) is 1.83. The van der Waals surface area contributed by atoms with Crippen LogP contribution in [0.15, 0.2) is 0 Å². The van der Waals surface area contributed by atoms with E-state index in [-0.39, 0.29) is 18.1 Å². The predicted octanol–water partition coefficient (Wildman–Crippen LogP) is 0.479. The van der Waals surface area contributed by atoms with Crippen molar-refractivity contribution in [1.82, 2.24) is 5.48 Å². The standard InChI is InChI=1S/C7H15NO3/c1-7(2,3)11-5-6(9)8-10-4/h5H2,1-4H3,(H,8,9). The fourth-order valence-electron chi connectivity index (χ4n) is 0.425. The molecule has 1 amide bonds. The van der Waals surface area contributed by atoms with Crippen LogP contribution in [0.4, 0.5) is 0 Å². The van der Waals surface area contributed by atoms with Gasteiger partial charge in [0.1, 0.15) is 6.61 Å². The molecule has 66 valence electrons. The molecule has 4 nitrogen and oxygen atoms in total. The first-order valence-corrected chi connectivity index (χ1v) is 3.41. The second-order valence-corrected chi connectivity index (χ2v) is 3.13. The second-order valence-electron chi connectivity index (χ2n) is 3.13. The lowest BCUT2D eigenvalue weighted by molar-refractivity contribution is -0.140. The molecule has 1 N–H and O–H groups in total. The number of nitrogens with one attached hydrogen (secondary N) is 1. The SMILES string of the molecule is CONC(=O)COC(C)(C)C. The van der Waals surface area contributed by atoms with E-state index in [1.807, 2.05) is 20.8 Å². The Morgan fingerprint density at radius 2 is 2.00 bits per heavy atom. The molecule has 0 radical (unpaired) electrons. The maximum absolute atomic E-state index is 10.7. The lowest BCUT2D eigenvalue weighted by Gasteiger charge is -2.18. The van der Waals surface area contributed by atoms with Gasteiger partial charge in [-0.15, -0.1) is 0 Å². The van der Waals surface area contributed by atoms with Gasteiger partial charge in [0.2, 0.25) is 0 Å². The summed E-state index contributed by atoms with van der Waals surface area (Å²) in [5, 5.41) is 0. The quantitative estimate of drug-likeness (QED) is 0.612. The maximum Gasteiger partial charge on any atom is 0.269 e. The summed E-state index contributed by atoms with van der Waals surface area (Å²) in [6.07, 6.45) is 0. The fourth-order valence-corrected chi connectivity index (χ4v) is 0.425. The van der Waals surface area contributed by atoms with Crippen LogP contribution in [0.5, 0.6) is 0 Å². The summed E-state index contributed by atoms with van der Waals surface area (Å²) in [4.78, 5) is 15.1. The van der Waals surface area contributed by atoms with Crippen molar-refractivity contribution in [1.29, 1.82) is 0 Å². The fraction of sp³-hybridized carbons (Fsp3) is 0.857. The lowest BCUT2D eigenvalue weighted by atomic mass is 10.2. The summed E-state index contributed by atoms with van der Waals surface area (Å²) in [7, 11) is 1.38. The molecule has 0 bridgehead atoms. The predicted molar refractivity (Wildman–Crippen MR) is 40.9 cm³/mol. The highest BCUT2D eigenvalue weighted by molar-refractivity contribution is 5.76. The van der Waals surface area contributed by atoms with Crippen molar-refractivity contribution in [2.45, 2.75) is 26.4 Å². The molecule has 0 fully saturated rings. The van der Waals surface area contributed by atoms with Gasteiger partial charge in [-0.2, -0.15) is 0 Å². The van der Waals surface area contributed by atoms with Gasteiger partial charge in [-0.05, 0) is 20.8 Å². The van der Waals surface area contributed by atoms with Gasteiger partial charge in [0.15, 0.2) is 0 Å². The molecule has 0 aromatic carbocycles.